The van der Waals surface area contributed by atoms with Crippen molar-refractivity contribution in [1.29, 1.82) is 0 Å². The van der Waals surface area contributed by atoms with Crippen LogP contribution in [0.3, 0.4) is 0 Å². The van der Waals surface area contributed by atoms with E-state index in [1.54, 1.807) is 0 Å². The Kier molecular flexibility index (Phi) is 10.8. The molecule has 2 nitrogen and oxygen atoms in total. The van der Waals surface area contributed by atoms with Gasteiger partial charge in [-0.2, -0.15) is 0 Å². The zero-order valence-corrected chi connectivity index (χ0v) is 12.9. The van der Waals surface area contributed by atoms with E-state index in [0.29, 0.717) is 5.92 Å². The van der Waals surface area contributed by atoms with Crippen LogP contribution in [0.4, 0.5) is 0 Å². The van der Waals surface area contributed by atoms with Crippen molar-refractivity contribution >= 4 is 0 Å². The lowest BCUT2D eigenvalue weighted by Gasteiger charge is -2.30. The molecule has 2 heteroatoms. The van der Waals surface area contributed by atoms with Gasteiger partial charge >= 0.3 is 0 Å². The van der Waals surface area contributed by atoms with E-state index in [4.69, 9.17) is 0 Å². The SMILES string of the molecule is CCCCC(CC)CC(CC)C(O)C(CC)CO. The summed E-state index contributed by atoms with van der Waals surface area (Å²) in [5, 5.41) is 19.7. The fourth-order valence-electron chi connectivity index (χ4n) is 2.82. The first-order valence-electron chi connectivity index (χ1n) is 7.93. The lowest BCUT2D eigenvalue weighted by Crippen LogP contribution is -2.32. The lowest BCUT2D eigenvalue weighted by atomic mass is 9.80. The van der Waals surface area contributed by atoms with E-state index in [1.165, 1.54) is 25.7 Å². The van der Waals surface area contributed by atoms with Crippen molar-refractivity contribution in [3.63, 3.8) is 0 Å². The molecule has 0 bridgehead atoms. The molecule has 0 fully saturated rings. The van der Waals surface area contributed by atoms with Gasteiger partial charge in [0, 0.05) is 12.5 Å². The number of rotatable bonds is 11. The third kappa shape index (κ3) is 6.19. The maximum atomic E-state index is 10.4. The van der Waals surface area contributed by atoms with Gasteiger partial charge in [0.15, 0.2) is 0 Å². The molecule has 0 saturated heterocycles. The van der Waals surface area contributed by atoms with Crippen LogP contribution in [0.15, 0.2) is 0 Å². The molecular formula is C16H34O2. The summed E-state index contributed by atoms with van der Waals surface area (Å²) in [5.74, 6) is 1.14. The Morgan fingerprint density at radius 3 is 1.89 bits per heavy atom. The Hall–Kier alpha value is -0.0800. The van der Waals surface area contributed by atoms with Gasteiger partial charge in [0.25, 0.3) is 0 Å². The number of hydrogen-bond donors (Lipinski definition) is 2. The highest BCUT2D eigenvalue weighted by Gasteiger charge is 2.26. The summed E-state index contributed by atoms with van der Waals surface area (Å²) in [6.45, 7) is 8.80. The van der Waals surface area contributed by atoms with Gasteiger partial charge in [-0.25, -0.2) is 0 Å². The number of aliphatic hydroxyl groups is 2. The van der Waals surface area contributed by atoms with Gasteiger partial charge in [-0.05, 0) is 24.7 Å². The minimum atomic E-state index is -0.333. The highest BCUT2D eigenvalue weighted by Crippen LogP contribution is 2.29. The van der Waals surface area contributed by atoms with Gasteiger partial charge in [0.05, 0.1) is 6.10 Å². The normalized spacial score (nSPS) is 18.3. The van der Waals surface area contributed by atoms with Crippen LogP contribution in [0.2, 0.25) is 0 Å². The maximum Gasteiger partial charge on any atom is 0.0618 e. The Labute approximate surface area is 114 Å². The molecule has 0 radical (unpaired) electrons. The van der Waals surface area contributed by atoms with Crippen LogP contribution in [0.1, 0.15) is 72.6 Å². The van der Waals surface area contributed by atoms with Crippen molar-refractivity contribution in [3.8, 4) is 0 Å². The smallest absolute Gasteiger partial charge is 0.0618 e. The van der Waals surface area contributed by atoms with E-state index in [-0.39, 0.29) is 18.6 Å². The quantitative estimate of drug-likeness (QED) is 0.588. The molecular weight excluding hydrogens is 224 g/mol. The summed E-state index contributed by atoms with van der Waals surface area (Å²) in [6.07, 6.45) is 7.70. The standard InChI is InChI=1S/C16H34O2/c1-5-9-10-13(6-2)11-14(7-3)16(18)15(8-4)12-17/h13-18H,5-12H2,1-4H3. The Morgan fingerprint density at radius 1 is 0.889 bits per heavy atom. The first kappa shape index (κ1) is 17.9. The minimum Gasteiger partial charge on any atom is -0.396 e. The first-order valence-corrected chi connectivity index (χ1v) is 7.93. The Bertz CT molecular complexity index is 178. The fourth-order valence-corrected chi connectivity index (χ4v) is 2.82. The Morgan fingerprint density at radius 2 is 1.50 bits per heavy atom. The topological polar surface area (TPSA) is 40.5 Å². The van der Waals surface area contributed by atoms with Gasteiger partial charge in [-0.1, -0.05) is 59.8 Å². The molecule has 0 aromatic heterocycles. The average molecular weight is 258 g/mol. The highest BCUT2D eigenvalue weighted by atomic mass is 16.3. The molecule has 18 heavy (non-hydrogen) atoms. The van der Waals surface area contributed by atoms with Crippen LogP contribution in [-0.2, 0) is 0 Å². The molecule has 0 aliphatic heterocycles. The van der Waals surface area contributed by atoms with Crippen molar-refractivity contribution < 1.29 is 10.2 Å². The molecule has 0 aromatic rings. The molecule has 0 aromatic carbocycles. The molecule has 0 heterocycles. The van der Waals surface area contributed by atoms with Gasteiger partial charge < -0.3 is 10.2 Å². The monoisotopic (exact) mass is 258 g/mol. The van der Waals surface area contributed by atoms with Crippen LogP contribution in [0.5, 0.6) is 0 Å². The van der Waals surface area contributed by atoms with Crippen molar-refractivity contribution in [2.75, 3.05) is 6.61 Å². The molecule has 0 amide bonds. The van der Waals surface area contributed by atoms with Crippen molar-refractivity contribution in [3.05, 3.63) is 0 Å². The second-order valence-corrected chi connectivity index (χ2v) is 5.66. The summed E-state index contributed by atoms with van der Waals surface area (Å²) in [4.78, 5) is 0. The van der Waals surface area contributed by atoms with Crippen LogP contribution in [0.25, 0.3) is 0 Å². The molecule has 0 aliphatic rings. The first-order chi connectivity index (χ1) is 8.64. The van der Waals surface area contributed by atoms with E-state index >= 15 is 0 Å². The number of aliphatic hydroxyl groups excluding tert-OH is 2. The zero-order chi connectivity index (χ0) is 14.0. The maximum absolute atomic E-state index is 10.4. The molecule has 0 saturated carbocycles. The van der Waals surface area contributed by atoms with Crippen LogP contribution in [0, 0.1) is 17.8 Å². The second-order valence-electron chi connectivity index (χ2n) is 5.66. The summed E-state index contributed by atoms with van der Waals surface area (Å²) in [6, 6.07) is 0. The lowest BCUT2D eigenvalue weighted by molar-refractivity contribution is 0.00992. The summed E-state index contributed by atoms with van der Waals surface area (Å²) >= 11 is 0. The predicted octanol–water partition coefficient (Wildman–Crippen LogP) is 4.00. The molecule has 0 spiro atoms. The average Bonchev–Trinajstić information content (AvgIpc) is 2.40. The molecule has 110 valence electrons. The largest absolute Gasteiger partial charge is 0.396 e. The Balaban J connectivity index is 4.36. The van der Waals surface area contributed by atoms with Crippen molar-refractivity contribution in [2.24, 2.45) is 17.8 Å². The van der Waals surface area contributed by atoms with Crippen LogP contribution in [-0.4, -0.2) is 22.9 Å². The van der Waals surface area contributed by atoms with Gasteiger partial charge in [-0.3, -0.25) is 0 Å². The van der Waals surface area contributed by atoms with Crippen molar-refractivity contribution in [1.82, 2.24) is 0 Å². The third-order valence-electron chi connectivity index (χ3n) is 4.43. The molecule has 2 N–H and O–H groups in total. The molecule has 4 atom stereocenters. The second kappa shape index (κ2) is 10.8. The van der Waals surface area contributed by atoms with E-state index in [9.17, 15) is 10.2 Å². The van der Waals surface area contributed by atoms with E-state index in [2.05, 4.69) is 20.8 Å². The van der Waals surface area contributed by atoms with Gasteiger partial charge in [0.1, 0.15) is 0 Å². The summed E-state index contributed by atoms with van der Waals surface area (Å²) < 4.78 is 0. The van der Waals surface area contributed by atoms with Crippen molar-refractivity contribution in [2.45, 2.75) is 78.7 Å². The molecule has 0 rings (SSSR count). The number of unbranched alkanes of at least 4 members (excludes halogenated alkanes) is 1. The summed E-state index contributed by atoms with van der Waals surface area (Å²) in [7, 11) is 0. The predicted molar refractivity (Wildman–Crippen MR) is 78.6 cm³/mol. The third-order valence-corrected chi connectivity index (χ3v) is 4.43. The fraction of sp³-hybridized carbons (Fsp3) is 1.00. The van der Waals surface area contributed by atoms with Gasteiger partial charge in [-0.15, -0.1) is 0 Å². The van der Waals surface area contributed by atoms with E-state index < -0.39 is 0 Å². The zero-order valence-electron chi connectivity index (χ0n) is 12.9. The van der Waals surface area contributed by atoms with Gasteiger partial charge in [0.2, 0.25) is 0 Å². The van der Waals surface area contributed by atoms with E-state index in [0.717, 1.165) is 25.2 Å². The minimum absolute atomic E-state index is 0.0543. The highest BCUT2D eigenvalue weighted by molar-refractivity contribution is 4.77. The summed E-state index contributed by atoms with van der Waals surface area (Å²) in [5.41, 5.74) is 0. The van der Waals surface area contributed by atoms with Crippen LogP contribution >= 0.6 is 0 Å². The van der Waals surface area contributed by atoms with E-state index in [1.807, 2.05) is 6.92 Å². The van der Waals surface area contributed by atoms with Crippen LogP contribution < -0.4 is 0 Å². The molecule has 0 aliphatic carbocycles. The molecule has 4 unspecified atom stereocenters. The number of hydrogen-bond acceptors (Lipinski definition) is 2.